The molecule has 39 heavy (non-hydrogen) atoms. The van der Waals surface area contributed by atoms with Crippen LogP contribution in [0.5, 0.6) is 0 Å². The SMILES string of the molecule is CC(C)C(=O)Nc1ccc(N2C(=S)N[C@H](c3ccccn3)[C@H]2c2ccc(-c3ccc(C(=O)O)cc3)o2)cc1Cl. The summed E-state index contributed by atoms with van der Waals surface area (Å²) in [6, 6.07) is 20.5. The molecule has 1 saturated heterocycles. The molecule has 0 aliphatic carbocycles. The minimum absolute atomic E-state index is 0.129. The molecule has 0 bridgehead atoms. The Morgan fingerprint density at radius 2 is 1.87 bits per heavy atom. The van der Waals surface area contributed by atoms with Gasteiger partial charge in [0.15, 0.2) is 5.11 Å². The van der Waals surface area contributed by atoms with E-state index in [1.54, 1.807) is 30.5 Å². The fourth-order valence-corrected chi connectivity index (χ4v) is 4.97. The Morgan fingerprint density at radius 3 is 2.51 bits per heavy atom. The Labute approximate surface area is 235 Å². The summed E-state index contributed by atoms with van der Waals surface area (Å²) in [6.45, 7) is 3.62. The van der Waals surface area contributed by atoms with Crippen molar-refractivity contribution < 1.29 is 19.1 Å². The maximum absolute atomic E-state index is 12.2. The predicted octanol–water partition coefficient (Wildman–Crippen LogP) is 6.46. The van der Waals surface area contributed by atoms with Gasteiger partial charge >= 0.3 is 5.97 Å². The average Bonchev–Trinajstić information content (AvgIpc) is 3.55. The topological polar surface area (TPSA) is 108 Å². The first kappa shape index (κ1) is 26.4. The Morgan fingerprint density at radius 1 is 1.10 bits per heavy atom. The third-order valence-corrected chi connectivity index (χ3v) is 7.07. The molecular formula is C29H25ClN4O4S. The number of halogens is 1. The van der Waals surface area contributed by atoms with E-state index < -0.39 is 12.0 Å². The van der Waals surface area contributed by atoms with Crippen molar-refractivity contribution in [2.45, 2.75) is 25.9 Å². The summed E-state index contributed by atoms with van der Waals surface area (Å²) in [6.07, 6.45) is 1.72. The molecule has 198 valence electrons. The van der Waals surface area contributed by atoms with Crippen molar-refractivity contribution in [3.05, 3.63) is 101 Å². The van der Waals surface area contributed by atoms with Crippen LogP contribution in [-0.4, -0.2) is 27.1 Å². The number of carboxylic acid groups (broad SMARTS) is 1. The predicted molar refractivity (Wildman–Crippen MR) is 154 cm³/mol. The van der Waals surface area contributed by atoms with Crippen LogP contribution >= 0.6 is 23.8 Å². The summed E-state index contributed by atoms with van der Waals surface area (Å²) in [4.78, 5) is 29.9. The highest BCUT2D eigenvalue weighted by Gasteiger charge is 2.42. The number of hydrogen-bond donors (Lipinski definition) is 3. The van der Waals surface area contributed by atoms with E-state index >= 15 is 0 Å². The van der Waals surface area contributed by atoms with Gasteiger partial charge in [0.2, 0.25) is 5.91 Å². The summed E-state index contributed by atoms with van der Waals surface area (Å²) in [5.74, 6) is -0.0916. The lowest BCUT2D eigenvalue weighted by molar-refractivity contribution is -0.118. The monoisotopic (exact) mass is 560 g/mol. The molecule has 10 heteroatoms. The van der Waals surface area contributed by atoms with Gasteiger partial charge in [0, 0.05) is 23.4 Å². The number of furan rings is 1. The molecule has 5 rings (SSSR count). The van der Waals surface area contributed by atoms with Crippen molar-refractivity contribution in [2.24, 2.45) is 5.92 Å². The fraction of sp³-hybridized carbons (Fsp3) is 0.172. The highest BCUT2D eigenvalue weighted by molar-refractivity contribution is 7.80. The van der Waals surface area contributed by atoms with Gasteiger partial charge in [-0.25, -0.2) is 4.79 Å². The van der Waals surface area contributed by atoms with Crippen LogP contribution < -0.4 is 15.5 Å². The molecule has 3 heterocycles. The number of pyridine rings is 1. The van der Waals surface area contributed by atoms with E-state index in [9.17, 15) is 14.7 Å². The second-order valence-electron chi connectivity index (χ2n) is 9.39. The first-order valence-electron chi connectivity index (χ1n) is 12.3. The van der Waals surface area contributed by atoms with Gasteiger partial charge in [-0.3, -0.25) is 9.78 Å². The van der Waals surface area contributed by atoms with Gasteiger partial charge in [0.25, 0.3) is 0 Å². The lowest BCUT2D eigenvalue weighted by Crippen LogP contribution is -2.29. The minimum atomic E-state index is -0.991. The van der Waals surface area contributed by atoms with Crippen molar-refractivity contribution in [1.29, 1.82) is 0 Å². The summed E-state index contributed by atoms with van der Waals surface area (Å²) in [7, 11) is 0. The van der Waals surface area contributed by atoms with E-state index in [1.807, 2.05) is 55.1 Å². The number of carboxylic acids is 1. The molecule has 1 aliphatic heterocycles. The normalized spacial score (nSPS) is 16.8. The number of rotatable bonds is 7. The van der Waals surface area contributed by atoms with Gasteiger partial charge < -0.3 is 25.1 Å². The van der Waals surface area contributed by atoms with Crippen LogP contribution in [0.1, 0.15) is 47.7 Å². The number of aromatic nitrogens is 1. The van der Waals surface area contributed by atoms with Crippen LogP contribution in [0.25, 0.3) is 11.3 Å². The second kappa shape index (κ2) is 10.9. The number of nitrogens with one attached hydrogen (secondary N) is 2. The summed E-state index contributed by atoms with van der Waals surface area (Å²) >= 11 is 12.4. The molecule has 1 aliphatic rings. The molecule has 3 N–H and O–H groups in total. The van der Waals surface area contributed by atoms with Crippen LogP contribution in [0.4, 0.5) is 11.4 Å². The molecule has 8 nitrogen and oxygen atoms in total. The third kappa shape index (κ3) is 5.36. The zero-order valence-electron chi connectivity index (χ0n) is 21.1. The molecule has 2 aromatic carbocycles. The maximum Gasteiger partial charge on any atom is 0.335 e. The number of carbonyl (C=O) groups excluding carboxylic acids is 1. The number of thiocarbonyl (C=S) groups is 1. The van der Waals surface area contributed by atoms with E-state index in [1.165, 1.54) is 12.1 Å². The Kier molecular flexibility index (Phi) is 7.36. The van der Waals surface area contributed by atoms with Crippen molar-refractivity contribution in [3.8, 4) is 11.3 Å². The van der Waals surface area contributed by atoms with Crippen molar-refractivity contribution in [1.82, 2.24) is 10.3 Å². The van der Waals surface area contributed by atoms with Crippen molar-refractivity contribution in [3.63, 3.8) is 0 Å². The van der Waals surface area contributed by atoms with Gasteiger partial charge in [-0.2, -0.15) is 0 Å². The molecule has 2 aromatic heterocycles. The summed E-state index contributed by atoms with van der Waals surface area (Å²) < 4.78 is 6.33. The van der Waals surface area contributed by atoms with Crippen LogP contribution in [-0.2, 0) is 4.79 Å². The van der Waals surface area contributed by atoms with E-state index in [2.05, 4.69) is 15.6 Å². The Bertz CT molecular complexity index is 1540. The van der Waals surface area contributed by atoms with Crippen LogP contribution in [0.15, 0.2) is 83.4 Å². The minimum Gasteiger partial charge on any atom is -0.478 e. The first-order chi connectivity index (χ1) is 18.7. The first-order valence-corrected chi connectivity index (χ1v) is 13.1. The molecule has 1 fully saturated rings. The van der Waals surface area contributed by atoms with Crippen molar-refractivity contribution >= 4 is 52.2 Å². The second-order valence-corrected chi connectivity index (χ2v) is 10.2. The highest BCUT2D eigenvalue weighted by Crippen LogP contribution is 2.44. The summed E-state index contributed by atoms with van der Waals surface area (Å²) in [5, 5.41) is 16.3. The molecule has 0 unspecified atom stereocenters. The van der Waals surface area contributed by atoms with E-state index in [4.69, 9.17) is 28.2 Å². The quantitative estimate of drug-likeness (QED) is 0.221. The van der Waals surface area contributed by atoms with Gasteiger partial charge in [0.05, 0.1) is 28.0 Å². The number of amides is 1. The molecule has 0 radical (unpaired) electrons. The fourth-order valence-electron chi connectivity index (χ4n) is 4.40. The van der Waals surface area contributed by atoms with Crippen LogP contribution in [0.2, 0.25) is 5.02 Å². The van der Waals surface area contributed by atoms with Gasteiger partial charge in [-0.05, 0) is 66.8 Å². The standard InChI is InChI=1S/C29H25ClN4O4S/c1-16(2)27(35)32-21-11-10-19(15-20(21)30)34-26(25(33-29(34)39)22-5-3-4-14-31-22)24-13-12-23(38-24)17-6-8-18(9-7-17)28(36)37/h3-16,25-26H,1-2H3,(H,32,35)(H,33,39)(H,36,37)/t25-,26-/m1/s1. The lowest BCUT2D eigenvalue weighted by Gasteiger charge is -2.26. The Hall–Kier alpha value is -4.21. The molecule has 1 amide bonds. The largest absolute Gasteiger partial charge is 0.478 e. The third-order valence-electron chi connectivity index (χ3n) is 6.45. The Balaban J connectivity index is 1.53. The smallest absolute Gasteiger partial charge is 0.335 e. The van der Waals surface area contributed by atoms with Gasteiger partial charge in [-0.15, -0.1) is 0 Å². The van der Waals surface area contributed by atoms with Gasteiger partial charge in [-0.1, -0.05) is 43.6 Å². The highest BCUT2D eigenvalue weighted by atomic mass is 35.5. The molecular weight excluding hydrogens is 536 g/mol. The number of anilines is 2. The van der Waals surface area contributed by atoms with Crippen LogP contribution in [0.3, 0.4) is 0 Å². The maximum atomic E-state index is 12.2. The number of carbonyl (C=O) groups is 2. The van der Waals surface area contributed by atoms with Crippen LogP contribution in [0, 0.1) is 5.92 Å². The van der Waals surface area contributed by atoms with Gasteiger partial charge in [0.1, 0.15) is 17.6 Å². The van der Waals surface area contributed by atoms with E-state index in [0.717, 1.165) is 11.3 Å². The van der Waals surface area contributed by atoms with E-state index in [0.29, 0.717) is 33.0 Å². The zero-order chi connectivity index (χ0) is 27.7. The lowest BCUT2D eigenvalue weighted by atomic mass is 10.0. The molecule has 0 spiro atoms. The zero-order valence-corrected chi connectivity index (χ0v) is 22.7. The van der Waals surface area contributed by atoms with E-state index in [-0.39, 0.29) is 23.4 Å². The molecule has 4 aromatic rings. The van der Waals surface area contributed by atoms with Crippen molar-refractivity contribution in [2.75, 3.05) is 10.2 Å². The molecule has 2 atom stereocenters. The number of hydrogen-bond acceptors (Lipinski definition) is 5. The summed E-state index contributed by atoms with van der Waals surface area (Å²) in [5.41, 5.74) is 2.95. The number of nitrogens with zero attached hydrogens (tertiary/aromatic N) is 2. The number of aromatic carboxylic acids is 1. The number of benzene rings is 2. The molecule has 0 saturated carbocycles. The average molecular weight is 561 g/mol.